The zero-order valence-corrected chi connectivity index (χ0v) is 13.3. The molecule has 3 rings (SSSR count). The molecule has 2 heterocycles. The highest BCUT2D eigenvalue weighted by atomic mass is 79.9. The van der Waals surface area contributed by atoms with Gasteiger partial charge >= 0.3 is 5.97 Å². The van der Waals surface area contributed by atoms with Crippen LogP contribution in [0.15, 0.2) is 58.2 Å². The topological polar surface area (TPSA) is 54.6 Å². The van der Waals surface area contributed by atoms with Gasteiger partial charge in [-0.3, -0.25) is 0 Å². The number of aromatic nitrogens is 2. The van der Waals surface area contributed by atoms with Crippen molar-refractivity contribution in [3.63, 3.8) is 0 Å². The molecule has 0 amide bonds. The Morgan fingerprint density at radius 3 is 2.95 bits per heavy atom. The van der Waals surface area contributed by atoms with Gasteiger partial charge in [-0.05, 0) is 30.3 Å². The largest absolute Gasteiger partial charge is 0.478 e. The number of thioether (sulfide) groups is 1. The lowest BCUT2D eigenvalue weighted by molar-refractivity contribution is 0.0693. The first-order chi connectivity index (χ1) is 10.1. The summed E-state index contributed by atoms with van der Waals surface area (Å²) in [7, 11) is 0. The highest BCUT2D eigenvalue weighted by Gasteiger charge is 2.12. The molecular weight excluding hydrogens is 352 g/mol. The van der Waals surface area contributed by atoms with Crippen LogP contribution in [0.5, 0.6) is 0 Å². The number of fused-ring (bicyclic) bond motifs is 1. The Morgan fingerprint density at radius 2 is 2.19 bits per heavy atom. The van der Waals surface area contributed by atoms with E-state index in [-0.39, 0.29) is 0 Å². The number of halogens is 1. The van der Waals surface area contributed by atoms with E-state index in [2.05, 4.69) is 20.9 Å². The minimum Gasteiger partial charge on any atom is -0.478 e. The van der Waals surface area contributed by atoms with Crippen molar-refractivity contribution in [3.8, 4) is 0 Å². The summed E-state index contributed by atoms with van der Waals surface area (Å²) in [6.07, 6.45) is 3.90. The van der Waals surface area contributed by atoms with Gasteiger partial charge in [0.1, 0.15) is 5.65 Å². The Labute approximate surface area is 134 Å². The number of benzene rings is 1. The predicted molar refractivity (Wildman–Crippen MR) is 85.9 cm³/mol. The molecule has 0 radical (unpaired) electrons. The summed E-state index contributed by atoms with van der Waals surface area (Å²) >= 11 is 4.84. The van der Waals surface area contributed by atoms with Gasteiger partial charge in [-0.1, -0.05) is 22.0 Å². The first-order valence-corrected chi connectivity index (χ1v) is 7.99. The third-order valence-electron chi connectivity index (χ3n) is 2.96. The molecule has 106 valence electrons. The lowest BCUT2D eigenvalue weighted by Gasteiger charge is -2.05. The van der Waals surface area contributed by atoms with Gasteiger partial charge in [-0.15, -0.1) is 11.8 Å². The molecule has 0 aliphatic heterocycles. The SMILES string of the molecule is O=C(O)c1ccc(Br)cc1SCc1cn2ccccc2n1. The zero-order chi connectivity index (χ0) is 14.8. The smallest absolute Gasteiger partial charge is 0.336 e. The monoisotopic (exact) mass is 362 g/mol. The highest BCUT2D eigenvalue weighted by molar-refractivity contribution is 9.10. The first-order valence-electron chi connectivity index (χ1n) is 6.22. The summed E-state index contributed by atoms with van der Waals surface area (Å²) in [4.78, 5) is 16.5. The van der Waals surface area contributed by atoms with Gasteiger partial charge in [0, 0.05) is 27.5 Å². The molecule has 0 atom stereocenters. The van der Waals surface area contributed by atoms with Gasteiger partial charge in [0.25, 0.3) is 0 Å². The van der Waals surface area contributed by atoms with Crippen LogP contribution < -0.4 is 0 Å². The molecule has 4 nitrogen and oxygen atoms in total. The van der Waals surface area contributed by atoms with Crippen LogP contribution in [-0.4, -0.2) is 20.5 Å². The fraction of sp³-hybridized carbons (Fsp3) is 0.0667. The van der Waals surface area contributed by atoms with Crippen LogP contribution in [0.3, 0.4) is 0 Å². The Morgan fingerprint density at radius 1 is 1.33 bits per heavy atom. The molecule has 0 aliphatic carbocycles. The molecule has 0 fully saturated rings. The highest BCUT2D eigenvalue weighted by Crippen LogP contribution is 2.29. The maximum absolute atomic E-state index is 11.2. The number of imidazole rings is 1. The molecular formula is C15H11BrN2O2S. The van der Waals surface area contributed by atoms with E-state index in [9.17, 15) is 9.90 Å². The van der Waals surface area contributed by atoms with Crippen molar-refractivity contribution in [2.75, 3.05) is 0 Å². The molecule has 2 aromatic heterocycles. The van der Waals surface area contributed by atoms with E-state index in [1.54, 1.807) is 12.1 Å². The van der Waals surface area contributed by atoms with E-state index >= 15 is 0 Å². The first kappa shape index (κ1) is 14.2. The number of carbonyl (C=O) groups is 1. The van der Waals surface area contributed by atoms with Crippen LogP contribution in [0, 0.1) is 0 Å². The van der Waals surface area contributed by atoms with Crippen molar-refractivity contribution in [3.05, 3.63) is 64.5 Å². The van der Waals surface area contributed by atoms with Crippen LogP contribution >= 0.6 is 27.7 Å². The number of carboxylic acid groups (broad SMARTS) is 1. The Balaban J connectivity index is 1.84. The molecule has 1 aromatic carbocycles. The van der Waals surface area contributed by atoms with Crippen molar-refractivity contribution < 1.29 is 9.90 Å². The van der Waals surface area contributed by atoms with E-state index in [4.69, 9.17) is 0 Å². The van der Waals surface area contributed by atoms with Crippen molar-refractivity contribution in [2.24, 2.45) is 0 Å². The Bertz CT molecular complexity index is 783. The molecule has 3 aromatic rings. The van der Waals surface area contributed by atoms with Gasteiger partial charge in [-0.2, -0.15) is 0 Å². The van der Waals surface area contributed by atoms with E-state index in [0.29, 0.717) is 11.3 Å². The number of nitrogens with zero attached hydrogens (tertiary/aromatic N) is 2. The standard InChI is InChI=1S/C15H11BrN2O2S/c16-10-4-5-12(15(19)20)13(7-10)21-9-11-8-18-6-2-1-3-14(18)17-11/h1-8H,9H2,(H,19,20). The van der Waals surface area contributed by atoms with Gasteiger partial charge in [0.05, 0.1) is 11.3 Å². The second-order valence-electron chi connectivity index (χ2n) is 4.43. The van der Waals surface area contributed by atoms with Gasteiger partial charge < -0.3 is 9.51 Å². The number of pyridine rings is 1. The molecule has 0 aliphatic rings. The number of carboxylic acids is 1. The lowest BCUT2D eigenvalue weighted by atomic mass is 10.2. The van der Waals surface area contributed by atoms with Crippen LogP contribution in [0.25, 0.3) is 5.65 Å². The van der Waals surface area contributed by atoms with E-state index in [1.165, 1.54) is 11.8 Å². The van der Waals surface area contributed by atoms with Gasteiger partial charge in [0.15, 0.2) is 0 Å². The minimum absolute atomic E-state index is 0.312. The van der Waals surface area contributed by atoms with Crippen LogP contribution in [0.4, 0.5) is 0 Å². The predicted octanol–water partition coefficient (Wildman–Crippen LogP) is 4.09. The second kappa shape index (κ2) is 5.91. The number of hydrogen-bond donors (Lipinski definition) is 1. The number of aromatic carboxylic acids is 1. The van der Waals surface area contributed by atoms with Crippen LogP contribution in [0.2, 0.25) is 0 Å². The van der Waals surface area contributed by atoms with Gasteiger partial charge in [0.2, 0.25) is 0 Å². The summed E-state index contributed by atoms with van der Waals surface area (Å²) in [5.41, 5.74) is 2.12. The summed E-state index contributed by atoms with van der Waals surface area (Å²) in [5.74, 6) is -0.293. The average Bonchev–Trinajstić information content (AvgIpc) is 2.87. The van der Waals surface area contributed by atoms with Crippen molar-refractivity contribution in [1.82, 2.24) is 9.38 Å². The normalized spacial score (nSPS) is 10.9. The lowest BCUT2D eigenvalue weighted by Crippen LogP contribution is -1.98. The third kappa shape index (κ3) is 3.11. The number of rotatable bonds is 4. The quantitative estimate of drug-likeness (QED) is 0.710. The fourth-order valence-electron chi connectivity index (χ4n) is 2.00. The van der Waals surface area contributed by atoms with Crippen molar-refractivity contribution >= 4 is 39.3 Å². The molecule has 0 bridgehead atoms. The molecule has 21 heavy (non-hydrogen) atoms. The maximum Gasteiger partial charge on any atom is 0.336 e. The molecule has 6 heteroatoms. The van der Waals surface area contributed by atoms with Crippen LogP contribution in [0.1, 0.15) is 16.1 Å². The average molecular weight is 363 g/mol. The van der Waals surface area contributed by atoms with Crippen LogP contribution in [-0.2, 0) is 5.75 Å². The molecule has 0 unspecified atom stereocenters. The van der Waals surface area contributed by atoms with Gasteiger partial charge in [-0.25, -0.2) is 9.78 Å². The fourth-order valence-corrected chi connectivity index (χ4v) is 3.48. The van der Waals surface area contributed by atoms with Crippen molar-refractivity contribution in [1.29, 1.82) is 0 Å². The number of hydrogen-bond acceptors (Lipinski definition) is 3. The Hall–Kier alpha value is -1.79. The van der Waals surface area contributed by atoms with E-state index < -0.39 is 5.97 Å². The molecule has 0 saturated carbocycles. The van der Waals surface area contributed by atoms with E-state index in [1.807, 2.05) is 41.1 Å². The van der Waals surface area contributed by atoms with E-state index in [0.717, 1.165) is 20.7 Å². The maximum atomic E-state index is 11.2. The van der Waals surface area contributed by atoms with Crippen molar-refractivity contribution in [2.45, 2.75) is 10.6 Å². The summed E-state index contributed by atoms with van der Waals surface area (Å²) in [6.45, 7) is 0. The molecule has 1 N–H and O–H groups in total. The second-order valence-corrected chi connectivity index (χ2v) is 6.37. The Kier molecular flexibility index (Phi) is 3.98. The molecule has 0 saturated heterocycles. The summed E-state index contributed by atoms with van der Waals surface area (Å²) in [5, 5.41) is 9.22. The molecule has 0 spiro atoms. The third-order valence-corrected chi connectivity index (χ3v) is 4.55. The zero-order valence-electron chi connectivity index (χ0n) is 10.9. The summed E-state index contributed by atoms with van der Waals surface area (Å²) in [6, 6.07) is 11.0. The minimum atomic E-state index is -0.917. The summed E-state index contributed by atoms with van der Waals surface area (Å²) < 4.78 is 2.82.